The molecule has 0 aromatic heterocycles. The first-order chi connectivity index (χ1) is 2.41. The standard InChI is InChI=1S/C3H8.Cl2/c1-3-2;1-2/h3H2,1-2H3;. The van der Waals surface area contributed by atoms with Gasteiger partial charge in [0.25, 0.3) is 0 Å². The van der Waals surface area contributed by atoms with Gasteiger partial charge in [-0.3, -0.25) is 0 Å². The minimum absolute atomic E-state index is 1.25. The minimum Gasteiger partial charge on any atom is -0.0656 e. The summed E-state index contributed by atoms with van der Waals surface area (Å²) < 4.78 is 0. The molecule has 0 aliphatic carbocycles. The predicted octanol–water partition coefficient (Wildman–Crippen LogP) is 2.80. The second-order valence-corrected chi connectivity index (χ2v) is 0.707. The highest BCUT2D eigenvalue weighted by molar-refractivity contribution is 6.85. The average molecular weight is 115 g/mol. The van der Waals surface area contributed by atoms with E-state index in [4.69, 9.17) is 0 Å². The predicted molar refractivity (Wildman–Crippen MR) is 27.7 cm³/mol. The molecule has 2 heteroatoms. The molecule has 0 saturated heterocycles. The van der Waals surface area contributed by atoms with Gasteiger partial charge >= 0.3 is 0 Å². The molecule has 5 heavy (non-hydrogen) atoms. The molecule has 34 valence electrons. The molecule has 0 bridgehead atoms. The SMILES string of the molecule is CCC.ClCl. The number of rotatable bonds is 0. The third-order valence-corrected chi connectivity index (χ3v) is 0. The Balaban J connectivity index is 0. The van der Waals surface area contributed by atoms with Crippen LogP contribution in [0.1, 0.15) is 20.3 Å². The maximum absolute atomic E-state index is 4.11. The topological polar surface area (TPSA) is 0 Å². The molecule has 0 aliphatic rings. The summed E-state index contributed by atoms with van der Waals surface area (Å²) in [6.07, 6.45) is 1.25. The van der Waals surface area contributed by atoms with Crippen molar-refractivity contribution in [2.75, 3.05) is 0 Å². The Kier molecular flexibility index (Phi) is 42.9. The molecule has 0 fully saturated rings. The van der Waals surface area contributed by atoms with E-state index in [9.17, 15) is 0 Å². The average Bonchev–Trinajstić information content (AvgIpc) is 1.46. The molecule has 0 heterocycles. The lowest BCUT2D eigenvalue weighted by Gasteiger charge is -1.48. The van der Waals surface area contributed by atoms with E-state index in [1.54, 1.807) is 0 Å². The van der Waals surface area contributed by atoms with Crippen LogP contribution >= 0.6 is 21.7 Å². The van der Waals surface area contributed by atoms with Crippen LogP contribution in [0.3, 0.4) is 0 Å². The monoisotopic (exact) mass is 114 g/mol. The molecule has 0 atom stereocenters. The Morgan fingerprint density at radius 3 is 1.20 bits per heavy atom. The van der Waals surface area contributed by atoms with E-state index >= 15 is 0 Å². The van der Waals surface area contributed by atoms with E-state index in [1.807, 2.05) is 0 Å². The number of halogens is 2. The van der Waals surface area contributed by atoms with Crippen LogP contribution in [0.25, 0.3) is 0 Å². The fraction of sp³-hybridized carbons (Fsp3) is 1.00. The molecule has 0 radical (unpaired) electrons. The van der Waals surface area contributed by atoms with Crippen LogP contribution in [-0.2, 0) is 0 Å². The first kappa shape index (κ1) is 9.13. The molecule has 0 saturated carbocycles. The van der Waals surface area contributed by atoms with Gasteiger partial charge in [-0.05, 0) is 0 Å². The Labute approximate surface area is 42.7 Å². The van der Waals surface area contributed by atoms with Crippen molar-refractivity contribution in [1.82, 2.24) is 0 Å². The molecule has 0 spiro atoms. The zero-order valence-electron chi connectivity index (χ0n) is 3.46. The number of hydrogen-bond donors (Lipinski definition) is 0. The first-order valence-corrected chi connectivity index (χ1v) is 2.70. The summed E-state index contributed by atoms with van der Waals surface area (Å²) in [5.74, 6) is 0. The number of hydrogen-bond acceptors (Lipinski definition) is 0. The molecular weight excluding hydrogens is 107 g/mol. The van der Waals surface area contributed by atoms with Crippen molar-refractivity contribution < 1.29 is 0 Å². The van der Waals surface area contributed by atoms with Gasteiger partial charge in [0.2, 0.25) is 0 Å². The van der Waals surface area contributed by atoms with Gasteiger partial charge in [0.15, 0.2) is 0 Å². The summed E-state index contributed by atoms with van der Waals surface area (Å²) in [6.45, 7) is 4.25. The Hall–Kier alpha value is 0.580. The summed E-state index contributed by atoms with van der Waals surface area (Å²) in [4.78, 5) is 0. The van der Waals surface area contributed by atoms with E-state index in [0.717, 1.165) is 0 Å². The Morgan fingerprint density at radius 2 is 1.20 bits per heavy atom. The highest BCUT2D eigenvalue weighted by Gasteiger charge is 1.35. The Bertz CT molecular complexity index is 4.85. The lowest BCUT2D eigenvalue weighted by molar-refractivity contribution is 1.09. The third-order valence-electron chi connectivity index (χ3n) is 0. The normalized spacial score (nSPS) is 4.80. The van der Waals surface area contributed by atoms with Crippen LogP contribution in [0.4, 0.5) is 0 Å². The van der Waals surface area contributed by atoms with Gasteiger partial charge < -0.3 is 0 Å². The second kappa shape index (κ2) is 23.5. The molecule has 0 aromatic carbocycles. The van der Waals surface area contributed by atoms with Gasteiger partial charge in [-0.25, -0.2) is 0 Å². The van der Waals surface area contributed by atoms with Gasteiger partial charge in [0.1, 0.15) is 0 Å². The van der Waals surface area contributed by atoms with Crippen molar-refractivity contribution >= 4 is 21.7 Å². The van der Waals surface area contributed by atoms with Crippen molar-refractivity contribution in [3.63, 3.8) is 0 Å². The summed E-state index contributed by atoms with van der Waals surface area (Å²) in [5, 5.41) is 0. The Morgan fingerprint density at radius 1 is 1.20 bits per heavy atom. The fourth-order valence-electron chi connectivity index (χ4n) is 0. The van der Waals surface area contributed by atoms with Gasteiger partial charge in [0, 0.05) is 21.7 Å². The second-order valence-electron chi connectivity index (χ2n) is 0.707. The van der Waals surface area contributed by atoms with Gasteiger partial charge in [-0.15, -0.1) is 0 Å². The van der Waals surface area contributed by atoms with E-state index < -0.39 is 0 Å². The van der Waals surface area contributed by atoms with Gasteiger partial charge in [-0.2, -0.15) is 0 Å². The minimum atomic E-state index is 1.25. The molecule has 0 rings (SSSR count). The largest absolute Gasteiger partial charge is 0.0656 e. The molecule has 0 amide bonds. The maximum atomic E-state index is 4.11. The van der Waals surface area contributed by atoms with E-state index in [1.165, 1.54) is 6.42 Å². The molecule has 0 N–H and O–H groups in total. The molecular formula is C3H8Cl2. The fourth-order valence-corrected chi connectivity index (χ4v) is 0. The lowest BCUT2D eigenvalue weighted by atomic mass is 10.6. The first-order valence-electron chi connectivity index (χ1n) is 1.56. The van der Waals surface area contributed by atoms with Crippen molar-refractivity contribution in [2.45, 2.75) is 20.3 Å². The molecule has 0 unspecified atom stereocenters. The van der Waals surface area contributed by atoms with E-state index in [-0.39, 0.29) is 0 Å². The van der Waals surface area contributed by atoms with Crippen molar-refractivity contribution in [3.8, 4) is 0 Å². The molecule has 0 aliphatic heterocycles. The summed E-state index contributed by atoms with van der Waals surface area (Å²) in [6, 6.07) is 0. The molecule has 0 nitrogen and oxygen atoms in total. The van der Waals surface area contributed by atoms with Crippen LogP contribution in [0.2, 0.25) is 0 Å². The van der Waals surface area contributed by atoms with E-state index in [2.05, 4.69) is 35.6 Å². The maximum Gasteiger partial charge on any atom is 0 e. The lowest BCUT2D eigenvalue weighted by Crippen LogP contribution is -1.27. The zero-order chi connectivity index (χ0) is 4.71. The smallest absolute Gasteiger partial charge is 0 e. The van der Waals surface area contributed by atoms with Crippen LogP contribution in [0.15, 0.2) is 0 Å². The highest BCUT2D eigenvalue weighted by atomic mass is 36.5. The van der Waals surface area contributed by atoms with Crippen molar-refractivity contribution in [2.24, 2.45) is 0 Å². The highest BCUT2D eigenvalue weighted by Crippen LogP contribution is 1.69. The van der Waals surface area contributed by atoms with Crippen LogP contribution in [0, 0.1) is 0 Å². The zero-order valence-corrected chi connectivity index (χ0v) is 4.97. The summed E-state index contributed by atoms with van der Waals surface area (Å²) in [5.41, 5.74) is 0. The van der Waals surface area contributed by atoms with Gasteiger partial charge in [0.05, 0.1) is 0 Å². The van der Waals surface area contributed by atoms with E-state index in [0.29, 0.717) is 0 Å². The molecule has 0 aromatic rings. The van der Waals surface area contributed by atoms with Crippen LogP contribution in [0.5, 0.6) is 0 Å². The van der Waals surface area contributed by atoms with Gasteiger partial charge in [-0.1, -0.05) is 20.3 Å². The third kappa shape index (κ3) is 90.6. The van der Waals surface area contributed by atoms with Crippen molar-refractivity contribution in [1.29, 1.82) is 0 Å². The van der Waals surface area contributed by atoms with Crippen molar-refractivity contribution in [3.05, 3.63) is 0 Å². The summed E-state index contributed by atoms with van der Waals surface area (Å²) in [7, 11) is 8.22. The quantitative estimate of drug-likeness (QED) is 0.455. The summed E-state index contributed by atoms with van der Waals surface area (Å²) >= 11 is 0. The van der Waals surface area contributed by atoms with Crippen LogP contribution in [-0.4, -0.2) is 0 Å². The van der Waals surface area contributed by atoms with Crippen LogP contribution < -0.4 is 0 Å².